The van der Waals surface area contributed by atoms with Gasteiger partial charge in [0.05, 0.1) is 12.5 Å². The van der Waals surface area contributed by atoms with Gasteiger partial charge in [0.2, 0.25) is 5.88 Å². The number of methoxy groups -OCH3 is 1. The van der Waals surface area contributed by atoms with Crippen LogP contribution in [0.4, 0.5) is 0 Å². The largest absolute Gasteiger partial charge is 0.481 e. The molecule has 0 saturated heterocycles. The number of aromatic nitrogens is 3. The van der Waals surface area contributed by atoms with E-state index in [0.29, 0.717) is 11.9 Å². The van der Waals surface area contributed by atoms with Gasteiger partial charge in [-0.05, 0) is 38.2 Å². The van der Waals surface area contributed by atoms with Crippen molar-refractivity contribution in [1.29, 1.82) is 0 Å². The van der Waals surface area contributed by atoms with E-state index in [-0.39, 0.29) is 5.38 Å². The SMILES string of the molecule is COc1ccc2nc(C(C)Cl)n(C3CCC(C)C3)c2n1. The lowest BCUT2D eigenvalue weighted by atomic mass is 10.1. The Kier molecular flexibility index (Phi) is 3.59. The van der Waals surface area contributed by atoms with Crippen molar-refractivity contribution < 1.29 is 4.74 Å². The van der Waals surface area contributed by atoms with Gasteiger partial charge >= 0.3 is 0 Å². The highest BCUT2D eigenvalue weighted by Crippen LogP contribution is 2.38. The van der Waals surface area contributed by atoms with Crippen LogP contribution in [-0.4, -0.2) is 21.6 Å². The Morgan fingerprint density at radius 3 is 2.75 bits per heavy atom. The van der Waals surface area contributed by atoms with Gasteiger partial charge in [-0.25, -0.2) is 4.98 Å². The first-order chi connectivity index (χ1) is 9.60. The van der Waals surface area contributed by atoms with Crippen LogP contribution >= 0.6 is 11.6 Å². The van der Waals surface area contributed by atoms with E-state index < -0.39 is 0 Å². The predicted octanol–water partition coefficient (Wildman–Crippen LogP) is 4.10. The van der Waals surface area contributed by atoms with Crippen LogP contribution in [-0.2, 0) is 0 Å². The van der Waals surface area contributed by atoms with Crippen molar-refractivity contribution in [1.82, 2.24) is 14.5 Å². The van der Waals surface area contributed by atoms with E-state index >= 15 is 0 Å². The number of hydrogen-bond acceptors (Lipinski definition) is 3. The van der Waals surface area contributed by atoms with Gasteiger partial charge in [-0.1, -0.05) is 6.92 Å². The molecule has 1 saturated carbocycles. The predicted molar refractivity (Wildman–Crippen MR) is 80.4 cm³/mol. The molecule has 2 aromatic rings. The summed E-state index contributed by atoms with van der Waals surface area (Å²) in [5.74, 6) is 2.29. The van der Waals surface area contributed by atoms with Crippen molar-refractivity contribution in [3.8, 4) is 5.88 Å². The molecule has 20 heavy (non-hydrogen) atoms. The van der Waals surface area contributed by atoms with Gasteiger partial charge in [-0.3, -0.25) is 0 Å². The summed E-state index contributed by atoms with van der Waals surface area (Å²) >= 11 is 6.33. The minimum atomic E-state index is -0.119. The van der Waals surface area contributed by atoms with Crippen molar-refractivity contribution >= 4 is 22.8 Å². The zero-order valence-electron chi connectivity index (χ0n) is 12.1. The first-order valence-electron chi connectivity index (χ1n) is 7.17. The molecule has 0 aliphatic heterocycles. The molecule has 3 rings (SSSR count). The first-order valence-corrected chi connectivity index (χ1v) is 7.60. The molecule has 0 radical (unpaired) electrons. The molecule has 1 aliphatic rings. The van der Waals surface area contributed by atoms with Crippen LogP contribution in [0.2, 0.25) is 0 Å². The Morgan fingerprint density at radius 2 is 2.15 bits per heavy atom. The molecule has 0 bridgehead atoms. The summed E-state index contributed by atoms with van der Waals surface area (Å²) in [7, 11) is 1.64. The van der Waals surface area contributed by atoms with E-state index in [9.17, 15) is 0 Å². The minimum absolute atomic E-state index is 0.119. The molecule has 0 spiro atoms. The van der Waals surface area contributed by atoms with Gasteiger partial charge in [0.1, 0.15) is 11.3 Å². The normalized spacial score (nSPS) is 24.2. The van der Waals surface area contributed by atoms with Crippen molar-refractivity contribution in [2.45, 2.75) is 44.5 Å². The van der Waals surface area contributed by atoms with Crippen LogP contribution in [0.25, 0.3) is 11.2 Å². The van der Waals surface area contributed by atoms with Crippen LogP contribution in [0.5, 0.6) is 5.88 Å². The van der Waals surface area contributed by atoms with E-state index in [1.54, 1.807) is 7.11 Å². The summed E-state index contributed by atoms with van der Waals surface area (Å²) in [5, 5.41) is -0.119. The zero-order chi connectivity index (χ0) is 14.3. The number of ether oxygens (including phenoxy) is 1. The molecule has 3 atom stereocenters. The third-order valence-corrected chi connectivity index (χ3v) is 4.33. The van der Waals surface area contributed by atoms with Gasteiger partial charge in [0.15, 0.2) is 5.65 Å². The second-order valence-electron chi connectivity index (χ2n) is 5.72. The first kappa shape index (κ1) is 13.7. The average Bonchev–Trinajstić information content (AvgIpc) is 3.00. The van der Waals surface area contributed by atoms with Crippen molar-refractivity contribution in [2.75, 3.05) is 7.11 Å². The molecule has 108 valence electrons. The van der Waals surface area contributed by atoms with Gasteiger partial charge in [-0.15, -0.1) is 11.6 Å². The Labute approximate surface area is 124 Å². The molecule has 0 amide bonds. The second-order valence-corrected chi connectivity index (χ2v) is 6.38. The Hall–Kier alpha value is -1.29. The monoisotopic (exact) mass is 293 g/mol. The van der Waals surface area contributed by atoms with Crippen LogP contribution in [0.15, 0.2) is 12.1 Å². The molecule has 0 aromatic carbocycles. The number of fused-ring (bicyclic) bond motifs is 1. The van der Waals surface area contributed by atoms with Gasteiger partial charge in [0, 0.05) is 12.1 Å². The Bertz CT molecular complexity index is 623. The summed E-state index contributed by atoms with van der Waals surface area (Å²) in [4.78, 5) is 9.26. The van der Waals surface area contributed by atoms with E-state index in [2.05, 4.69) is 21.5 Å². The molecule has 2 aromatic heterocycles. The molecule has 2 heterocycles. The maximum atomic E-state index is 6.33. The molecule has 4 nitrogen and oxygen atoms in total. The van der Waals surface area contributed by atoms with Crippen LogP contribution < -0.4 is 4.74 Å². The summed E-state index contributed by atoms with van der Waals surface area (Å²) in [6, 6.07) is 4.25. The number of imidazole rings is 1. The van der Waals surface area contributed by atoms with Crippen molar-refractivity contribution in [3.05, 3.63) is 18.0 Å². The third kappa shape index (κ3) is 2.26. The summed E-state index contributed by atoms with van der Waals surface area (Å²) in [5.41, 5.74) is 1.79. The number of nitrogens with zero attached hydrogens (tertiary/aromatic N) is 3. The number of halogens is 1. The number of rotatable bonds is 3. The highest BCUT2D eigenvalue weighted by Gasteiger charge is 2.28. The van der Waals surface area contributed by atoms with Crippen LogP contribution in [0.1, 0.15) is 50.4 Å². The number of pyridine rings is 1. The maximum absolute atomic E-state index is 6.33. The molecular formula is C15H20ClN3O. The number of hydrogen-bond donors (Lipinski definition) is 0. The molecule has 3 unspecified atom stereocenters. The minimum Gasteiger partial charge on any atom is -0.481 e. The van der Waals surface area contributed by atoms with Gasteiger partial charge in [-0.2, -0.15) is 4.98 Å². The summed E-state index contributed by atoms with van der Waals surface area (Å²) in [6.07, 6.45) is 3.59. The fraction of sp³-hybridized carbons (Fsp3) is 0.600. The smallest absolute Gasteiger partial charge is 0.215 e. The molecular weight excluding hydrogens is 274 g/mol. The van der Waals surface area contributed by atoms with Crippen molar-refractivity contribution in [2.24, 2.45) is 5.92 Å². The maximum Gasteiger partial charge on any atom is 0.215 e. The molecule has 0 N–H and O–H groups in total. The highest BCUT2D eigenvalue weighted by molar-refractivity contribution is 6.20. The Morgan fingerprint density at radius 1 is 1.35 bits per heavy atom. The van der Waals surface area contributed by atoms with E-state index in [0.717, 1.165) is 22.9 Å². The highest BCUT2D eigenvalue weighted by atomic mass is 35.5. The summed E-state index contributed by atoms with van der Waals surface area (Å²) < 4.78 is 7.48. The standard InChI is InChI=1S/C15H20ClN3O/c1-9-4-5-11(8-9)19-14(10(2)16)17-12-6-7-13(20-3)18-15(12)19/h6-7,9-11H,4-5,8H2,1-3H3. The Balaban J connectivity index is 2.16. The second kappa shape index (κ2) is 5.24. The lowest BCUT2D eigenvalue weighted by Crippen LogP contribution is -2.11. The van der Waals surface area contributed by atoms with Gasteiger partial charge in [0.25, 0.3) is 0 Å². The lowest BCUT2D eigenvalue weighted by molar-refractivity contribution is 0.398. The van der Waals surface area contributed by atoms with Gasteiger partial charge < -0.3 is 9.30 Å². The molecule has 1 aliphatic carbocycles. The van der Waals surface area contributed by atoms with E-state index in [1.165, 1.54) is 19.3 Å². The average molecular weight is 294 g/mol. The topological polar surface area (TPSA) is 39.9 Å². The molecule has 1 fully saturated rings. The fourth-order valence-electron chi connectivity index (χ4n) is 3.14. The van der Waals surface area contributed by atoms with Crippen LogP contribution in [0, 0.1) is 5.92 Å². The third-order valence-electron chi connectivity index (χ3n) is 4.14. The zero-order valence-corrected chi connectivity index (χ0v) is 12.9. The summed E-state index contributed by atoms with van der Waals surface area (Å²) in [6.45, 7) is 4.27. The van der Waals surface area contributed by atoms with E-state index in [1.807, 2.05) is 19.1 Å². The van der Waals surface area contributed by atoms with Crippen molar-refractivity contribution in [3.63, 3.8) is 0 Å². The quantitative estimate of drug-likeness (QED) is 0.800. The van der Waals surface area contributed by atoms with Crippen LogP contribution in [0.3, 0.4) is 0 Å². The lowest BCUT2D eigenvalue weighted by Gasteiger charge is -2.17. The number of alkyl halides is 1. The molecule has 5 heteroatoms. The van der Waals surface area contributed by atoms with E-state index in [4.69, 9.17) is 16.3 Å². The fourth-order valence-corrected chi connectivity index (χ4v) is 3.29.